The number of nitrogens with two attached hydrogens (primary N) is 2. The highest BCUT2D eigenvalue weighted by Crippen LogP contribution is 2.43. The molecule has 2 rings (SSSR count). The maximum atomic E-state index is 13.2. The molecule has 1 fully saturated rings. The summed E-state index contributed by atoms with van der Waals surface area (Å²) in [6.07, 6.45) is 2.10. The van der Waals surface area contributed by atoms with Gasteiger partial charge >= 0.3 is 0 Å². The van der Waals surface area contributed by atoms with Crippen LogP contribution in [0.5, 0.6) is 0 Å². The number of rotatable bonds is 16. The van der Waals surface area contributed by atoms with Crippen molar-refractivity contribution in [3.8, 4) is 6.07 Å². The fraction of sp³-hybridized carbons (Fsp3) is 0.586. The molecule has 10 nitrogen and oxygen atoms in total. The van der Waals surface area contributed by atoms with Gasteiger partial charge in [0.25, 0.3) is 5.91 Å². The lowest BCUT2D eigenvalue weighted by atomic mass is 9.91. The predicted molar refractivity (Wildman–Crippen MR) is 170 cm³/mol. The van der Waals surface area contributed by atoms with Gasteiger partial charge in [0.05, 0.1) is 17.5 Å². The summed E-state index contributed by atoms with van der Waals surface area (Å²) in [7, 11) is 1.63. The number of nitrogens with zero attached hydrogens (tertiary/aromatic N) is 3. The van der Waals surface area contributed by atoms with Crippen molar-refractivity contribution in [3.05, 3.63) is 43.8 Å². The van der Waals surface area contributed by atoms with Crippen molar-refractivity contribution < 1.29 is 9.59 Å². The highest BCUT2D eigenvalue weighted by molar-refractivity contribution is 8.05. The molecule has 6 atom stereocenters. The van der Waals surface area contributed by atoms with E-state index in [1.54, 1.807) is 36.0 Å². The Bertz CT molecular complexity index is 1180. The fourth-order valence-corrected chi connectivity index (χ4v) is 7.05. The molecule has 1 saturated carbocycles. The monoisotopic (exact) mass is 602 g/mol. The summed E-state index contributed by atoms with van der Waals surface area (Å²) in [5.74, 6) is 6.20. The third-order valence-electron chi connectivity index (χ3n) is 7.96. The summed E-state index contributed by atoms with van der Waals surface area (Å²) >= 11 is 3.06. The summed E-state index contributed by atoms with van der Waals surface area (Å²) in [5, 5.41) is 21.4. The average molecular weight is 603 g/mol. The molecule has 0 radical (unpaired) electrons. The summed E-state index contributed by atoms with van der Waals surface area (Å²) < 4.78 is 0. The van der Waals surface area contributed by atoms with Crippen LogP contribution in [0.25, 0.3) is 0 Å². The van der Waals surface area contributed by atoms with Crippen LogP contribution < -0.4 is 27.7 Å². The van der Waals surface area contributed by atoms with Crippen LogP contribution in [-0.4, -0.2) is 54.3 Å². The Balaban J connectivity index is 2.19. The van der Waals surface area contributed by atoms with Crippen molar-refractivity contribution in [2.45, 2.75) is 78.9 Å². The first kappa shape index (κ1) is 34.4. The van der Waals surface area contributed by atoms with Gasteiger partial charge in [-0.05, 0) is 80.7 Å². The van der Waals surface area contributed by atoms with Crippen molar-refractivity contribution in [3.63, 3.8) is 0 Å². The lowest BCUT2D eigenvalue weighted by molar-refractivity contribution is -0.132. The van der Waals surface area contributed by atoms with E-state index in [9.17, 15) is 14.9 Å². The van der Waals surface area contributed by atoms with E-state index >= 15 is 0 Å². The minimum absolute atomic E-state index is 0.0773. The standard InChI is InChI=1S/C29H46N8O2S2/c1-9-40-24(11-10-23-16(2)12-25(41-23)29(39)33-8)21(7)22(28(31)35-36-32)13-17(3)34-15-26(38)37(18(4)14-30)27-19(5)20(27)6/h9,12,17-20,22,27,34,36H,1,10-11,13,15,32H2,2-8H3,(H2,31,35)(H,33,39)/b24-21+/t17?,18-,19-,20?,22?,27?/m0/s1. The van der Waals surface area contributed by atoms with Crippen LogP contribution in [0.15, 0.2) is 33.6 Å². The Labute approximate surface area is 253 Å². The van der Waals surface area contributed by atoms with E-state index in [0.29, 0.717) is 29.0 Å². The summed E-state index contributed by atoms with van der Waals surface area (Å²) in [4.78, 5) is 30.0. The second-order valence-electron chi connectivity index (χ2n) is 10.7. The predicted octanol–water partition coefficient (Wildman–Crippen LogP) is 3.61. The number of nitriles is 1. The van der Waals surface area contributed by atoms with Crippen LogP contribution in [0.2, 0.25) is 0 Å². The van der Waals surface area contributed by atoms with E-state index in [1.807, 2.05) is 26.8 Å². The Morgan fingerprint density at radius 3 is 2.54 bits per heavy atom. The fourth-order valence-electron chi connectivity index (χ4n) is 5.18. The van der Waals surface area contributed by atoms with Crippen molar-refractivity contribution in [2.75, 3.05) is 13.6 Å². The minimum Gasteiger partial charge on any atom is -0.385 e. The van der Waals surface area contributed by atoms with Gasteiger partial charge < -0.3 is 21.3 Å². The van der Waals surface area contributed by atoms with Crippen molar-refractivity contribution in [1.82, 2.24) is 21.1 Å². The second kappa shape index (κ2) is 16.0. The van der Waals surface area contributed by atoms with Crippen molar-refractivity contribution in [2.24, 2.45) is 34.4 Å². The van der Waals surface area contributed by atoms with Crippen LogP contribution in [0, 0.1) is 36.0 Å². The molecule has 1 aromatic rings. The summed E-state index contributed by atoms with van der Waals surface area (Å²) in [6, 6.07) is 3.69. The Hall–Kier alpha value is -2.85. The first-order valence-corrected chi connectivity index (χ1v) is 15.6. The van der Waals surface area contributed by atoms with Gasteiger partial charge in [-0.15, -0.1) is 23.1 Å². The molecular weight excluding hydrogens is 557 g/mol. The number of carbonyl (C=O) groups excluding carboxylic acids is 2. The topological polar surface area (TPSA) is 162 Å². The van der Waals surface area contributed by atoms with Gasteiger partial charge in [0.1, 0.15) is 11.9 Å². The number of amidine groups is 1. The molecule has 0 aliphatic heterocycles. The zero-order valence-electron chi connectivity index (χ0n) is 25.3. The highest BCUT2D eigenvalue weighted by atomic mass is 32.2. The maximum Gasteiger partial charge on any atom is 0.261 e. The number of hydrogen-bond donors (Lipinski definition) is 5. The van der Waals surface area contributed by atoms with Gasteiger partial charge in [-0.25, -0.2) is 11.4 Å². The zero-order chi connectivity index (χ0) is 30.9. The largest absolute Gasteiger partial charge is 0.385 e. The SMILES string of the molecule is C=CS/C(CCc1sc(C(=O)NC)cc1C)=C(\C)C(CC(C)NCC(=O)N(C1C(C)[C@@H]1C)[C@@H](C)C#N)/C(N)=N/NN. The lowest BCUT2D eigenvalue weighted by Gasteiger charge is -2.28. The third kappa shape index (κ3) is 9.07. The van der Waals surface area contributed by atoms with E-state index in [4.69, 9.17) is 11.6 Å². The third-order valence-corrected chi connectivity index (χ3v) is 10.2. The molecule has 226 valence electrons. The molecule has 41 heavy (non-hydrogen) atoms. The number of hydrazine groups is 1. The number of carbonyl (C=O) groups is 2. The normalized spacial score (nSPS) is 21.1. The number of hydrazone groups is 1. The van der Waals surface area contributed by atoms with Gasteiger partial charge in [-0.3, -0.25) is 9.59 Å². The number of allylic oxidation sites excluding steroid dienone is 1. The van der Waals surface area contributed by atoms with E-state index in [-0.39, 0.29) is 36.4 Å². The number of hydrogen-bond acceptors (Lipinski definition) is 9. The Morgan fingerprint density at radius 2 is 2.00 bits per heavy atom. The number of amides is 2. The Morgan fingerprint density at radius 1 is 1.34 bits per heavy atom. The smallest absolute Gasteiger partial charge is 0.261 e. The van der Waals surface area contributed by atoms with E-state index in [0.717, 1.165) is 33.8 Å². The molecule has 1 aliphatic carbocycles. The molecule has 0 aromatic carbocycles. The quantitative estimate of drug-likeness (QED) is 0.0830. The molecule has 0 bridgehead atoms. The van der Waals surface area contributed by atoms with E-state index < -0.39 is 6.04 Å². The van der Waals surface area contributed by atoms with Crippen molar-refractivity contribution >= 4 is 40.7 Å². The van der Waals surface area contributed by atoms with E-state index in [2.05, 4.69) is 47.8 Å². The first-order chi connectivity index (χ1) is 19.4. The van der Waals surface area contributed by atoms with Crippen molar-refractivity contribution in [1.29, 1.82) is 5.26 Å². The molecule has 4 unspecified atom stereocenters. The number of thiophene rings is 1. The van der Waals surface area contributed by atoms with Crippen LogP contribution in [0.3, 0.4) is 0 Å². The van der Waals surface area contributed by atoms with Gasteiger partial charge in [0, 0.05) is 29.9 Å². The van der Waals surface area contributed by atoms with Crippen LogP contribution in [0.1, 0.15) is 67.6 Å². The number of nitrogens with one attached hydrogen (secondary N) is 3. The lowest BCUT2D eigenvalue weighted by Crippen LogP contribution is -2.47. The average Bonchev–Trinajstić information content (AvgIpc) is 3.34. The molecule has 0 saturated heterocycles. The second-order valence-corrected chi connectivity index (χ2v) is 12.9. The molecule has 1 aromatic heterocycles. The molecular formula is C29H46N8O2S2. The minimum atomic E-state index is -0.480. The molecule has 12 heteroatoms. The van der Waals surface area contributed by atoms with Gasteiger partial charge in [-0.1, -0.05) is 26.0 Å². The molecule has 2 amide bonds. The molecule has 1 heterocycles. The Kier molecular flexibility index (Phi) is 13.4. The summed E-state index contributed by atoms with van der Waals surface area (Å²) in [5.41, 5.74) is 10.8. The van der Waals surface area contributed by atoms with Gasteiger partial charge in [-0.2, -0.15) is 10.4 Å². The first-order valence-electron chi connectivity index (χ1n) is 13.9. The highest BCUT2D eigenvalue weighted by Gasteiger charge is 2.50. The zero-order valence-corrected chi connectivity index (χ0v) is 26.9. The van der Waals surface area contributed by atoms with Gasteiger partial charge in [0.2, 0.25) is 5.91 Å². The number of thioether (sulfide) groups is 1. The van der Waals surface area contributed by atoms with Crippen LogP contribution in [0.4, 0.5) is 0 Å². The molecule has 0 spiro atoms. The van der Waals surface area contributed by atoms with Crippen LogP contribution in [-0.2, 0) is 11.2 Å². The summed E-state index contributed by atoms with van der Waals surface area (Å²) in [6.45, 7) is 16.1. The van der Waals surface area contributed by atoms with Gasteiger partial charge in [0.15, 0.2) is 0 Å². The number of aryl methyl sites for hydroxylation is 2. The van der Waals surface area contributed by atoms with E-state index in [1.165, 1.54) is 11.3 Å². The molecule has 7 N–H and O–H groups in total. The van der Waals surface area contributed by atoms with Crippen LogP contribution >= 0.6 is 23.1 Å². The maximum absolute atomic E-state index is 13.2. The molecule has 1 aliphatic rings.